The van der Waals surface area contributed by atoms with Crippen molar-refractivity contribution in [3.63, 3.8) is 0 Å². The summed E-state index contributed by atoms with van der Waals surface area (Å²) in [5.41, 5.74) is -2.42. The van der Waals surface area contributed by atoms with Crippen molar-refractivity contribution in [2.24, 2.45) is 7.05 Å². The molecule has 0 radical (unpaired) electrons. The SMILES string of the molecule is C=CCn1c(=O)c2c(n(C)c1=O)N(c1ccccc1)C(S(=O)(=O)O)N2C. The van der Waals surface area contributed by atoms with Gasteiger partial charge in [-0.15, -0.1) is 6.58 Å². The zero-order valence-electron chi connectivity index (χ0n) is 14.2. The van der Waals surface area contributed by atoms with Crippen LogP contribution in [-0.2, 0) is 23.7 Å². The molecular weight excluding hydrogens is 360 g/mol. The van der Waals surface area contributed by atoms with Crippen molar-refractivity contribution in [2.45, 2.75) is 12.0 Å². The van der Waals surface area contributed by atoms with Gasteiger partial charge in [-0.1, -0.05) is 24.3 Å². The van der Waals surface area contributed by atoms with E-state index >= 15 is 0 Å². The van der Waals surface area contributed by atoms with E-state index in [1.807, 2.05) is 0 Å². The summed E-state index contributed by atoms with van der Waals surface area (Å²) < 4.78 is 36.1. The zero-order chi connectivity index (χ0) is 19.2. The van der Waals surface area contributed by atoms with Crippen LogP contribution in [0.5, 0.6) is 0 Å². The first-order valence-corrected chi connectivity index (χ1v) is 9.18. The second-order valence-corrected chi connectivity index (χ2v) is 7.33. The Hall–Kier alpha value is -2.85. The number of rotatable bonds is 4. The van der Waals surface area contributed by atoms with Gasteiger partial charge < -0.3 is 4.90 Å². The summed E-state index contributed by atoms with van der Waals surface area (Å²) in [7, 11) is -1.80. The molecule has 3 rings (SSSR count). The lowest BCUT2D eigenvalue weighted by atomic mass is 10.3. The van der Waals surface area contributed by atoms with Gasteiger partial charge >= 0.3 is 15.8 Å². The Morgan fingerprint density at radius 3 is 2.35 bits per heavy atom. The minimum atomic E-state index is -4.62. The molecule has 0 saturated carbocycles. The molecule has 1 aliphatic heterocycles. The fraction of sp³-hybridized carbons (Fsp3) is 0.250. The summed E-state index contributed by atoms with van der Waals surface area (Å²) in [5.74, 6) is 0.0941. The lowest BCUT2D eigenvalue weighted by Crippen LogP contribution is -2.45. The molecule has 0 fully saturated rings. The van der Waals surface area contributed by atoms with E-state index in [4.69, 9.17) is 0 Å². The number of para-hydroxylation sites is 1. The Labute approximate surface area is 149 Å². The number of hydrogen-bond acceptors (Lipinski definition) is 6. The van der Waals surface area contributed by atoms with Crippen molar-refractivity contribution in [2.75, 3.05) is 16.8 Å². The van der Waals surface area contributed by atoms with Gasteiger partial charge in [-0.2, -0.15) is 8.42 Å². The highest BCUT2D eigenvalue weighted by Crippen LogP contribution is 2.41. The highest BCUT2D eigenvalue weighted by molar-refractivity contribution is 7.86. The van der Waals surface area contributed by atoms with Gasteiger partial charge in [0, 0.05) is 26.3 Å². The predicted molar refractivity (Wildman–Crippen MR) is 98.5 cm³/mol. The molecule has 1 aromatic heterocycles. The van der Waals surface area contributed by atoms with E-state index in [1.54, 1.807) is 30.3 Å². The topological polar surface area (TPSA) is 105 Å². The fourth-order valence-electron chi connectivity index (χ4n) is 3.17. The summed E-state index contributed by atoms with van der Waals surface area (Å²) in [6.07, 6.45) is 1.40. The summed E-state index contributed by atoms with van der Waals surface area (Å²) in [6.45, 7) is 3.51. The summed E-state index contributed by atoms with van der Waals surface area (Å²) in [4.78, 5) is 27.8. The van der Waals surface area contributed by atoms with Crippen LogP contribution in [0, 0.1) is 0 Å². The Bertz CT molecular complexity index is 1090. The van der Waals surface area contributed by atoms with Crippen LogP contribution in [0.15, 0.2) is 52.6 Å². The van der Waals surface area contributed by atoms with Crippen molar-refractivity contribution in [3.8, 4) is 0 Å². The third kappa shape index (κ3) is 2.54. The molecule has 1 N–H and O–H groups in total. The van der Waals surface area contributed by atoms with E-state index in [1.165, 1.54) is 29.6 Å². The highest BCUT2D eigenvalue weighted by atomic mass is 32.2. The highest BCUT2D eigenvalue weighted by Gasteiger charge is 2.46. The molecule has 1 aromatic carbocycles. The number of aromatic nitrogens is 2. The van der Waals surface area contributed by atoms with E-state index in [9.17, 15) is 22.6 Å². The first-order chi connectivity index (χ1) is 12.2. The number of allylic oxidation sites excluding steroid dienone is 1. The number of nitrogens with zero attached hydrogens (tertiary/aromatic N) is 4. The van der Waals surface area contributed by atoms with E-state index in [-0.39, 0.29) is 18.1 Å². The Morgan fingerprint density at radius 2 is 1.81 bits per heavy atom. The van der Waals surface area contributed by atoms with E-state index in [0.717, 1.165) is 9.47 Å². The molecule has 26 heavy (non-hydrogen) atoms. The molecule has 0 aliphatic carbocycles. The molecule has 0 saturated heterocycles. The number of fused-ring (bicyclic) bond motifs is 1. The van der Waals surface area contributed by atoms with E-state index < -0.39 is 26.9 Å². The monoisotopic (exact) mass is 378 g/mol. The van der Waals surface area contributed by atoms with Gasteiger partial charge in [-0.3, -0.25) is 23.4 Å². The largest absolute Gasteiger partial charge is 0.332 e. The van der Waals surface area contributed by atoms with Crippen LogP contribution in [0.4, 0.5) is 17.2 Å². The minimum absolute atomic E-state index is 0.000396. The molecule has 1 unspecified atom stereocenters. The Kier molecular flexibility index (Phi) is 4.24. The minimum Gasteiger partial charge on any atom is -0.332 e. The zero-order valence-corrected chi connectivity index (χ0v) is 15.0. The molecule has 1 aliphatic rings. The van der Waals surface area contributed by atoms with Crippen LogP contribution < -0.4 is 21.0 Å². The lowest BCUT2D eigenvalue weighted by molar-refractivity contribution is 0.467. The van der Waals surface area contributed by atoms with Gasteiger partial charge in [0.15, 0.2) is 0 Å². The van der Waals surface area contributed by atoms with Crippen LogP contribution in [0.3, 0.4) is 0 Å². The van der Waals surface area contributed by atoms with Gasteiger partial charge in [0.25, 0.3) is 5.56 Å². The molecular formula is C16H18N4O5S. The molecule has 0 amide bonds. The van der Waals surface area contributed by atoms with Crippen LogP contribution in [0.25, 0.3) is 0 Å². The maximum Gasteiger partial charge on any atom is 0.332 e. The van der Waals surface area contributed by atoms with Crippen LogP contribution in [0.1, 0.15) is 0 Å². The first kappa shape index (κ1) is 18.0. The van der Waals surface area contributed by atoms with Crippen LogP contribution in [0.2, 0.25) is 0 Å². The molecule has 10 heteroatoms. The first-order valence-electron chi connectivity index (χ1n) is 7.68. The van der Waals surface area contributed by atoms with Gasteiger partial charge in [0.05, 0.1) is 0 Å². The van der Waals surface area contributed by atoms with Gasteiger partial charge in [0.1, 0.15) is 11.5 Å². The molecule has 2 heterocycles. The van der Waals surface area contributed by atoms with Crippen molar-refractivity contribution < 1.29 is 13.0 Å². The maximum atomic E-state index is 12.8. The Morgan fingerprint density at radius 1 is 1.19 bits per heavy atom. The molecule has 2 aromatic rings. The third-order valence-electron chi connectivity index (χ3n) is 4.24. The Balaban J connectivity index is 2.42. The molecule has 1 atom stereocenters. The average molecular weight is 378 g/mol. The van der Waals surface area contributed by atoms with Crippen molar-refractivity contribution in [1.29, 1.82) is 0 Å². The van der Waals surface area contributed by atoms with Crippen molar-refractivity contribution in [3.05, 3.63) is 63.8 Å². The summed E-state index contributed by atoms with van der Waals surface area (Å²) in [6, 6.07) is 8.37. The fourth-order valence-corrected chi connectivity index (χ4v) is 4.17. The standard InChI is InChI=1S/C16H18N4O5S/c1-4-10-19-14(21)12-13(18(3)15(19)22)20(11-8-6-5-7-9-11)16(17(12)2)26(23,24)25/h4-9,16H,1,10H2,2-3H3,(H,23,24,25). The normalized spacial score (nSPS) is 16.7. The number of hydrogen-bond donors (Lipinski definition) is 1. The van der Waals surface area contributed by atoms with E-state index in [0.29, 0.717) is 5.69 Å². The molecule has 9 nitrogen and oxygen atoms in total. The van der Waals surface area contributed by atoms with E-state index in [2.05, 4.69) is 6.58 Å². The second kappa shape index (κ2) is 6.15. The van der Waals surface area contributed by atoms with Gasteiger partial charge in [-0.05, 0) is 12.1 Å². The second-order valence-electron chi connectivity index (χ2n) is 5.88. The van der Waals surface area contributed by atoms with Crippen molar-refractivity contribution >= 4 is 27.3 Å². The van der Waals surface area contributed by atoms with Gasteiger partial charge in [-0.25, -0.2) is 4.79 Å². The molecule has 138 valence electrons. The quantitative estimate of drug-likeness (QED) is 0.610. The smallest absolute Gasteiger partial charge is 0.332 e. The summed E-state index contributed by atoms with van der Waals surface area (Å²) in [5, 5.41) is 0. The number of benzene rings is 1. The summed E-state index contributed by atoms with van der Waals surface area (Å²) >= 11 is 0. The number of anilines is 3. The molecule has 0 bridgehead atoms. The van der Waals surface area contributed by atoms with Crippen molar-refractivity contribution in [1.82, 2.24) is 9.13 Å². The maximum absolute atomic E-state index is 12.8. The lowest BCUT2D eigenvalue weighted by Gasteiger charge is -2.28. The molecule has 0 spiro atoms. The van der Waals surface area contributed by atoms with Gasteiger partial charge in [0.2, 0.25) is 5.50 Å². The van der Waals surface area contributed by atoms with Crippen LogP contribution >= 0.6 is 0 Å². The predicted octanol–water partition coefficient (Wildman–Crippen LogP) is 0.492. The average Bonchev–Trinajstić information content (AvgIpc) is 2.91. The van der Waals surface area contributed by atoms with Crippen LogP contribution in [-0.4, -0.2) is 34.7 Å². The third-order valence-corrected chi connectivity index (χ3v) is 5.30.